The lowest BCUT2D eigenvalue weighted by Gasteiger charge is -2.22. The molecule has 0 bridgehead atoms. The molecule has 7 nitrogen and oxygen atoms in total. The minimum Gasteiger partial charge on any atom is -0.474 e. The Morgan fingerprint density at radius 3 is 2.65 bits per heavy atom. The zero-order valence-electron chi connectivity index (χ0n) is 18.3. The summed E-state index contributed by atoms with van der Waals surface area (Å²) < 4.78 is 16.5. The van der Waals surface area contributed by atoms with Gasteiger partial charge in [0.1, 0.15) is 12.7 Å². The third-order valence-electron chi connectivity index (χ3n) is 5.35. The number of Topliss-reactive ketones (excluding diaryl/α,β-unsaturated/α-hetero) is 1. The second kappa shape index (κ2) is 10.9. The largest absolute Gasteiger partial charge is 0.474 e. The smallest absolute Gasteiger partial charge is 0.407 e. The average Bonchev–Trinajstić information content (AvgIpc) is 2.78. The molecule has 0 radical (unpaired) electrons. The molecule has 166 valence electrons. The van der Waals surface area contributed by atoms with Crippen LogP contribution in [-0.2, 0) is 22.5 Å². The van der Waals surface area contributed by atoms with Crippen LogP contribution in [0.15, 0.2) is 36.5 Å². The molecule has 1 atom stereocenters. The Kier molecular flexibility index (Phi) is 8.00. The first-order valence-electron chi connectivity index (χ1n) is 10.7. The Hall–Kier alpha value is -2.93. The van der Waals surface area contributed by atoms with Crippen LogP contribution in [0.5, 0.6) is 5.88 Å². The number of carbonyl (C=O) groups is 2. The molecule has 0 spiro atoms. The quantitative estimate of drug-likeness (QED) is 0.630. The fourth-order valence-corrected chi connectivity index (χ4v) is 3.48. The highest BCUT2D eigenvalue weighted by atomic mass is 16.5. The minimum absolute atomic E-state index is 0.0187. The van der Waals surface area contributed by atoms with Crippen LogP contribution >= 0.6 is 0 Å². The summed E-state index contributed by atoms with van der Waals surface area (Å²) in [5.41, 5.74) is 3.32. The predicted octanol–water partition coefficient (Wildman–Crippen LogP) is 4.39. The van der Waals surface area contributed by atoms with E-state index in [1.165, 1.54) is 0 Å². The van der Waals surface area contributed by atoms with Gasteiger partial charge in [0.25, 0.3) is 0 Å². The van der Waals surface area contributed by atoms with E-state index in [2.05, 4.69) is 10.3 Å². The van der Waals surface area contributed by atoms with Gasteiger partial charge in [0.05, 0.1) is 19.3 Å². The van der Waals surface area contributed by atoms with Crippen LogP contribution < -0.4 is 10.1 Å². The number of hydrogen-bond acceptors (Lipinski definition) is 6. The van der Waals surface area contributed by atoms with Crippen molar-refractivity contribution in [1.82, 2.24) is 10.3 Å². The van der Waals surface area contributed by atoms with Crippen LogP contribution in [0.3, 0.4) is 0 Å². The van der Waals surface area contributed by atoms with E-state index in [9.17, 15) is 9.59 Å². The van der Waals surface area contributed by atoms with Gasteiger partial charge in [0, 0.05) is 36.2 Å². The normalized spacial score (nSPS) is 15.2. The summed E-state index contributed by atoms with van der Waals surface area (Å²) in [4.78, 5) is 28.4. The van der Waals surface area contributed by atoms with Crippen molar-refractivity contribution in [2.45, 2.75) is 58.8 Å². The monoisotopic (exact) mass is 426 g/mol. The zero-order valence-corrected chi connectivity index (χ0v) is 18.3. The van der Waals surface area contributed by atoms with Crippen molar-refractivity contribution in [1.29, 1.82) is 0 Å². The van der Waals surface area contributed by atoms with Gasteiger partial charge in [-0.15, -0.1) is 0 Å². The van der Waals surface area contributed by atoms with Crippen molar-refractivity contribution in [3.8, 4) is 5.88 Å². The number of benzene rings is 1. The van der Waals surface area contributed by atoms with Gasteiger partial charge >= 0.3 is 6.09 Å². The fraction of sp³-hybridized carbons (Fsp3) is 0.458. The van der Waals surface area contributed by atoms with Gasteiger partial charge in [-0.25, -0.2) is 9.78 Å². The van der Waals surface area contributed by atoms with Gasteiger partial charge in [-0.2, -0.15) is 0 Å². The van der Waals surface area contributed by atoms with E-state index in [0.717, 1.165) is 36.0 Å². The summed E-state index contributed by atoms with van der Waals surface area (Å²) in [7, 11) is 0. The van der Waals surface area contributed by atoms with Crippen molar-refractivity contribution in [2.24, 2.45) is 0 Å². The summed E-state index contributed by atoms with van der Waals surface area (Å²) in [6.07, 6.45) is 3.75. The first kappa shape index (κ1) is 22.7. The lowest BCUT2D eigenvalue weighted by Crippen LogP contribution is -2.27. The Bertz CT molecular complexity index is 891. The number of rotatable bonds is 8. The summed E-state index contributed by atoms with van der Waals surface area (Å²) in [5, 5.41) is 2.81. The molecule has 31 heavy (non-hydrogen) atoms. The fourth-order valence-electron chi connectivity index (χ4n) is 3.48. The van der Waals surface area contributed by atoms with Crippen LogP contribution in [0, 0.1) is 0 Å². The van der Waals surface area contributed by atoms with Crippen LogP contribution in [0.4, 0.5) is 4.79 Å². The van der Waals surface area contributed by atoms with Crippen molar-refractivity contribution < 1.29 is 23.8 Å². The number of carbonyl (C=O) groups excluding carboxylic acids is 2. The predicted molar refractivity (Wildman–Crippen MR) is 116 cm³/mol. The van der Waals surface area contributed by atoms with E-state index < -0.39 is 6.09 Å². The molecule has 7 heteroatoms. The standard InChI is InChI=1S/C24H30N2O5/c1-4-19-6-7-20(13-22(19)17(3)27)16(2)26-24(28)30-15-18-5-8-23(25-14-18)31-21-9-11-29-12-10-21/h5-8,13-14,16,21H,4,9-12,15H2,1-3H3,(H,26,28). The van der Waals surface area contributed by atoms with E-state index in [-0.39, 0.29) is 24.5 Å². The van der Waals surface area contributed by atoms with Crippen LogP contribution in [0.1, 0.15) is 66.7 Å². The topological polar surface area (TPSA) is 86.8 Å². The molecule has 0 saturated carbocycles. The molecule has 1 saturated heterocycles. The Morgan fingerprint density at radius 1 is 1.23 bits per heavy atom. The summed E-state index contributed by atoms with van der Waals surface area (Å²) in [5.74, 6) is 0.579. The number of ether oxygens (including phenoxy) is 3. The first-order chi connectivity index (χ1) is 15.0. The summed E-state index contributed by atoms with van der Waals surface area (Å²) in [6.45, 7) is 6.95. The van der Waals surface area contributed by atoms with Crippen LogP contribution in [0.2, 0.25) is 0 Å². The number of amides is 1. The molecule has 2 aromatic rings. The van der Waals surface area contributed by atoms with E-state index >= 15 is 0 Å². The number of ketones is 1. The molecule has 1 amide bonds. The molecule has 1 aromatic carbocycles. The molecule has 1 aromatic heterocycles. The highest BCUT2D eigenvalue weighted by molar-refractivity contribution is 5.95. The van der Waals surface area contributed by atoms with E-state index in [0.29, 0.717) is 24.7 Å². The third kappa shape index (κ3) is 6.52. The summed E-state index contributed by atoms with van der Waals surface area (Å²) >= 11 is 0. The number of nitrogens with zero attached hydrogens (tertiary/aromatic N) is 1. The Labute approximate surface area is 183 Å². The van der Waals surface area contributed by atoms with Crippen LogP contribution in [-0.4, -0.2) is 36.2 Å². The molecule has 1 unspecified atom stereocenters. The van der Waals surface area contributed by atoms with E-state index in [1.54, 1.807) is 19.2 Å². The number of pyridine rings is 1. The number of alkyl carbamates (subject to hydrolysis) is 1. The Balaban J connectivity index is 1.49. The van der Waals surface area contributed by atoms with E-state index in [4.69, 9.17) is 14.2 Å². The average molecular weight is 427 g/mol. The molecule has 3 rings (SSSR count). The SMILES string of the molecule is CCc1ccc(C(C)NC(=O)OCc2ccc(OC3CCOCC3)nc2)cc1C(C)=O. The molecular weight excluding hydrogens is 396 g/mol. The lowest BCUT2D eigenvalue weighted by molar-refractivity contribution is 0.0237. The maximum atomic E-state index is 12.2. The molecule has 1 aliphatic rings. The number of hydrogen-bond donors (Lipinski definition) is 1. The van der Waals surface area contributed by atoms with Gasteiger partial charge < -0.3 is 19.5 Å². The highest BCUT2D eigenvalue weighted by Gasteiger charge is 2.16. The molecule has 1 aliphatic heterocycles. The van der Waals surface area contributed by atoms with Crippen molar-refractivity contribution >= 4 is 11.9 Å². The van der Waals surface area contributed by atoms with Crippen LogP contribution in [0.25, 0.3) is 0 Å². The number of aromatic nitrogens is 1. The maximum absolute atomic E-state index is 12.2. The second-order valence-electron chi connectivity index (χ2n) is 7.70. The highest BCUT2D eigenvalue weighted by Crippen LogP contribution is 2.20. The molecular formula is C24H30N2O5. The van der Waals surface area contributed by atoms with Gasteiger partial charge in [0.2, 0.25) is 5.88 Å². The molecule has 0 aliphatic carbocycles. The minimum atomic E-state index is -0.529. The molecule has 1 fully saturated rings. The van der Waals surface area contributed by atoms with Gasteiger partial charge in [-0.1, -0.05) is 19.1 Å². The first-order valence-corrected chi connectivity index (χ1v) is 10.7. The zero-order chi connectivity index (χ0) is 22.2. The molecule has 2 heterocycles. The third-order valence-corrected chi connectivity index (χ3v) is 5.35. The Morgan fingerprint density at radius 2 is 2.00 bits per heavy atom. The van der Waals surface area contributed by atoms with E-state index in [1.807, 2.05) is 38.1 Å². The van der Waals surface area contributed by atoms with Gasteiger partial charge in [-0.3, -0.25) is 4.79 Å². The summed E-state index contributed by atoms with van der Waals surface area (Å²) in [6, 6.07) is 9.04. The van der Waals surface area contributed by atoms with Gasteiger partial charge in [0.15, 0.2) is 5.78 Å². The second-order valence-corrected chi connectivity index (χ2v) is 7.70. The number of aryl methyl sites for hydroxylation is 1. The van der Waals surface area contributed by atoms with Crippen molar-refractivity contribution in [3.63, 3.8) is 0 Å². The van der Waals surface area contributed by atoms with Gasteiger partial charge in [-0.05, 0) is 43.5 Å². The lowest BCUT2D eigenvalue weighted by atomic mass is 9.97. The maximum Gasteiger partial charge on any atom is 0.407 e. The van der Waals surface area contributed by atoms with Crippen molar-refractivity contribution in [2.75, 3.05) is 13.2 Å². The van der Waals surface area contributed by atoms with Crippen molar-refractivity contribution in [3.05, 3.63) is 58.8 Å². The molecule has 1 N–H and O–H groups in total. The number of nitrogens with one attached hydrogen (secondary N) is 1.